The number of rotatable bonds is 12. The van der Waals surface area contributed by atoms with E-state index < -0.39 is 12.0 Å². The van der Waals surface area contributed by atoms with Crippen molar-refractivity contribution >= 4 is 17.6 Å². The van der Waals surface area contributed by atoms with Crippen LogP contribution < -0.4 is 5.73 Å². The predicted octanol–water partition coefficient (Wildman–Crippen LogP) is 3.54. The minimum absolute atomic E-state index is 0.602. The summed E-state index contributed by atoms with van der Waals surface area (Å²) in [5, 5.41) is 8.59. The van der Waals surface area contributed by atoms with E-state index >= 15 is 0 Å². The number of aliphatic carboxylic acids is 1. The minimum atomic E-state index is -0.885. The molecule has 0 aromatic heterocycles. The van der Waals surface area contributed by atoms with Crippen LogP contribution in [0, 0.1) is 0 Å². The molecule has 0 radical (unpaired) electrons. The second-order valence-corrected chi connectivity index (χ2v) is 4.98. The fraction of sp³-hybridized carbons (Fsp3) is 0.923. The normalized spacial score (nSPS) is 12.6. The SMILES string of the molecule is N[C@@H](CCCCCCCCCCCCl)C(=O)O. The number of hydrogen-bond acceptors (Lipinski definition) is 2. The van der Waals surface area contributed by atoms with Crippen LogP contribution in [0.3, 0.4) is 0 Å². The van der Waals surface area contributed by atoms with Crippen molar-refractivity contribution in [3.63, 3.8) is 0 Å². The summed E-state index contributed by atoms with van der Waals surface area (Å²) in [7, 11) is 0. The molecule has 17 heavy (non-hydrogen) atoms. The fourth-order valence-corrected chi connectivity index (χ4v) is 2.01. The van der Waals surface area contributed by atoms with Gasteiger partial charge in [0.05, 0.1) is 0 Å². The van der Waals surface area contributed by atoms with Gasteiger partial charge in [-0.15, -0.1) is 11.6 Å². The van der Waals surface area contributed by atoms with Gasteiger partial charge in [0.15, 0.2) is 0 Å². The average molecular weight is 264 g/mol. The summed E-state index contributed by atoms with van der Waals surface area (Å²) in [6.45, 7) is 0. The number of unbranched alkanes of at least 4 members (excludes halogenated alkanes) is 8. The van der Waals surface area contributed by atoms with Gasteiger partial charge in [0, 0.05) is 5.88 Å². The Bertz CT molecular complexity index is 188. The lowest BCUT2D eigenvalue weighted by molar-refractivity contribution is -0.138. The summed E-state index contributed by atoms with van der Waals surface area (Å²) in [5.41, 5.74) is 5.42. The number of carbonyl (C=O) groups is 1. The zero-order valence-corrected chi connectivity index (χ0v) is 11.4. The monoisotopic (exact) mass is 263 g/mol. The van der Waals surface area contributed by atoms with E-state index in [-0.39, 0.29) is 0 Å². The zero-order chi connectivity index (χ0) is 12.9. The molecule has 0 amide bonds. The van der Waals surface area contributed by atoms with Crippen molar-refractivity contribution in [2.24, 2.45) is 5.73 Å². The van der Waals surface area contributed by atoms with Crippen molar-refractivity contribution in [3.05, 3.63) is 0 Å². The topological polar surface area (TPSA) is 63.3 Å². The van der Waals surface area contributed by atoms with Crippen LogP contribution in [0.15, 0.2) is 0 Å². The Morgan fingerprint density at radius 3 is 1.76 bits per heavy atom. The highest BCUT2D eigenvalue weighted by molar-refractivity contribution is 6.17. The van der Waals surface area contributed by atoms with Crippen LogP contribution in [0.1, 0.15) is 64.2 Å². The second kappa shape index (κ2) is 12.2. The van der Waals surface area contributed by atoms with E-state index in [0.29, 0.717) is 6.42 Å². The Hall–Kier alpha value is -0.280. The molecule has 3 nitrogen and oxygen atoms in total. The van der Waals surface area contributed by atoms with Crippen LogP contribution >= 0.6 is 11.6 Å². The number of halogens is 1. The Labute approximate surface area is 110 Å². The summed E-state index contributed by atoms with van der Waals surface area (Å²) in [4.78, 5) is 10.5. The molecule has 0 fully saturated rings. The third kappa shape index (κ3) is 12.0. The Kier molecular flexibility index (Phi) is 12.0. The van der Waals surface area contributed by atoms with Crippen molar-refractivity contribution in [1.82, 2.24) is 0 Å². The first-order valence-electron chi connectivity index (χ1n) is 6.73. The maximum Gasteiger partial charge on any atom is 0.320 e. The molecule has 0 rings (SSSR count). The molecular formula is C13H26ClNO2. The van der Waals surface area contributed by atoms with Crippen molar-refractivity contribution < 1.29 is 9.90 Å². The van der Waals surface area contributed by atoms with Gasteiger partial charge in [0.1, 0.15) is 6.04 Å². The fourth-order valence-electron chi connectivity index (χ4n) is 1.82. The average Bonchev–Trinajstić information content (AvgIpc) is 2.31. The Morgan fingerprint density at radius 2 is 1.35 bits per heavy atom. The number of alkyl halides is 1. The van der Waals surface area contributed by atoms with E-state index in [1.165, 1.54) is 38.5 Å². The van der Waals surface area contributed by atoms with E-state index in [9.17, 15) is 4.79 Å². The van der Waals surface area contributed by atoms with Gasteiger partial charge in [0.25, 0.3) is 0 Å². The lowest BCUT2D eigenvalue weighted by Crippen LogP contribution is -2.29. The molecule has 3 N–H and O–H groups in total. The van der Waals surface area contributed by atoms with Crippen molar-refractivity contribution in [2.45, 2.75) is 70.3 Å². The minimum Gasteiger partial charge on any atom is -0.480 e. The smallest absolute Gasteiger partial charge is 0.320 e. The molecule has 0 aliphatic rings. The molecule has 0 spiro atoms. The van der Waals surface area contributed by atoms with Gasteiger partial charge in [0.2, 0.25) is 0 Å². The van der Waals surface area contributed by atoms with Crippen LogP contribution in [0.2, 0.25) is 0 Å². The lowest BCUT2D eigenvalue weighted by Gasteiger charge is -2.05. The van der Waals surface area contributed by atoms with Crippen molar-refractivity contribution in [3.8, 4) is 0 Å². The predicted molar refractivity (Wildman–Crippen MR) is 72.5 cm³/mol. The van der Waals surface area contributed by atoms with Gasteiger partial charge in [-0.25, -0.2) is 0 Å². The van der Waals surface area contributed by atoms with Crippen LogP contribution in [0.4, 0.5) is 0 Å². The standard InChI is InChI=1S/C13H26ClNO2/c14-11-9-7-5-3-1-2-4-6-8-10-12(15)13(16)17/h12H,1-11,15H2,(H,16,17)/t12-/m0/s1. The first-order valence-corrected chi connectivity index (χ1v) is 7.26. The summed E-state index contributed by atoms with van der Waals surface area (Å²) >= 11 is 5.59. The van der Waals surface area contributed by atoms with E-state index in [0.717, 1.165) is 25.1 Å². The summed E-state index contributed by atoms with van der Waals surface area (Å²) < 4.78 is 0. The number of carboxylic acids is 1. The largest absolute Gasteiger partial charge is 0.480 e. The van der Waals surface area contributed by atoms with E-state index in [1.54, 1.807) is 0 Å². The number of hydrogen-bond donors (Lipinski definition) is 2. The van der Waals surface area contributed by atoms with Crippen LogP contribution in [0.5, 0.6) is 0 Å². The number of nitrogens with two attached hydrogens (primary N) is 1. The van der Waals surface area contributed by atoms with E-state index in [1.807, 2.05) is 0 Å². The Morgan fingerprint density at radius 1 is 0.941 bits per heavy atom. The third-order valence-electron chi connectivity index (χ3n) is 2.97. The molecule has 102 valence electrons. The molecule has 0 bridgehead atoms. The molecule has 0 unspecified atom stereocenters. The molecule has 0 saturated carbocycles. The lowest BCUT2D eigenvalue weighted by atomic mass is 10.0. The molecular weight excluding hydrogens is 238 g/mol. The van der Waals surface area contributed by atoms with Crippen LogP contribution in [-0.2, 0) is 4.79 Å². The van der Waals surface area contributed by atoms with E-state index in [4.69, 9.17) is 22.4 Å². The molecule has 4 heteroatoms. The molecule has 0 saturated heterocycles. The van der Waals surface area contributed by atoms with Crippen molar-refractivity contribution in [2.75, 3.05) is 5.88 Å². The van der Waals surface area contributed by atoms with Gasteiger partial charge in [-0.05, 0) is 12.8 Å². The molecule has 0 aliphatic heterocycles. The molecule has 0 heterocycles. The van der Waals surface area contributed by atoms with Gasteiger partial charge in [-0.1, -0.05) is 51.4 Å². The highest BCUT2D eigenvalue weighted by Gasteiger charge is 2.09. The summed E-state index contributed by atoms with van der Waals surface area (Å²) in [6.07, 6.45) is 11.3. The van der Waals surface area contributed by atoms with Crippen molar-refractivity contribution in [1.29, 1.82) is 0 Å². The third-order valence-corrected chi connectivity index (χ3v) is 3.23. The molecule has 0 aliphatic carbocycles. The summed E-state index contributed by atoms with van der Waals surface area (Å²) in [5.74, 6) is -0.103. The maximum absolute atomic E-state index is 10.5. The van der Waals surface area contributed by atoms with Gasteiger partial charge in [-0.2, -0.15) is 0 Å². The molecule has 0 aromatic rings. The quantitative estimate of drug-likeness (QED) is 0.418. The van der Waals surface area contributed by atoms with Crippen LogP contribution in [-0.4, -0.2) is 23.0 Å². The molecule has 0 aromatic carbocycles. The molecule has 1 atom stereocenters. The van der Waals surface area contributed by atoms with Crippen LogP contribution in [0.25, 0.3) is 0 Å². The van der Waals surface area contributed by atoms with Gasteiger partial charge < -0.3 is 10.8 Å². The second-order valence-electron chi connectivity index (χ2n) is 4.60. The first-order chi connectivity index (χ1) is 8.18. The first kappa shape index (κ1) is 16.7. The number of carboxylic acid groups (broad SMARTS) is 1. The Balaban J connectivity index is 3.06. The van der Waals surface area contributed by atoms with Gasteiger partial charge in [-0.3, -0.25) is 4.79 Å². The van der Waals surface area contributed by atoms with E-state index in [2.05, 4.69) is 0 Å². The van der Waals surface area contributed by atoms with Gasteiger partial charge >= 0.3 is 5.97 Å². The highest BCUT2D eigenvalue weighted by atomic mass is 35.5. The maximum atomic E-state index is 10.5. The summed E-state index contributed by atoms with van der Waals surface area (Å²) in [6, 6.07) is -0.675. The zero-order valence-electron chi connectivity index (χ0n) is 10.7. The highest BCUT2D eigenvalue weighted by Crippen LogP contribution is 2.11.